The van der Waals surface area contributed by atoms with E-state index in [0.717, 1.165) is 5.56 Å². The normalized spacial score (nSPS) is 9.95. The third-order valence-corrected chi connectivity index (χ3v) is 2.84. The molecule has 0 aliphatic heterocycles. The monoisotopic (exact) mass is 284 g/mol. The van der Waals surface area contributed by atoms with Gasteiger partial charge in [-0.25, -0.2) is 4.79 Å². The van der Waals surface area contributed by atoms with Crippen molar-refractivity contribution in [3.63, 3.8) is 0 Å². The van der Waals surface area contributed by atoms with E-state index >= 15 is 0 Å². The van der Waals surface area contributed by atoms with E-state index in [1.165, 1.54) is 0 Å². The fourth-order valence-electron chi connectivity index (χ4n) is 1.67. The molecule has 2 rings (SSSR count). The van der Waals surface area contributed by atoms with Crippen molar-refractivity contribution in [2.24, 2.45) is 0 Å². The molecular weight excluding hydrogens is 268 g/mol. The van der Waals surface area contributed by atoms with E-state index in [4.69, 9.17) is 9.47 Å². The number of carbonyl (C=O) groups excluding carboxylic acids is 2. The summed E-state index contributed by atoms with van der Waals surface area (Å²) in [4.78, 5) is 23.3. The molecular formula is C17H16O4. The maximum absolute atomic E-state index is 11.7. The van der Waals surface area contributed by atoms with Crippen LogP contribution in [0.15, 0.2) is 54.6 Å². The van der Waals surface area contributed by atoms with Gasteiger partial charge in [-0.2, -0.15) is 0 Å². The van der Waals surface area contributed by atoms with Crippen molar-refractivity contribution in [2.75, 3.05) is 13.2 Å². The first-order valence-corrected chi connectivity index (χ1v) is 6.58. The van der Waals surface area contributed by atoms with Gasteiger partial charge >= 0.3 is 5.97 Å². The third-order valence-electron chi connectivity index (χ3n) is 2.84. The molecule has 0 aliphatic carbocycles. The van der Waals surface area contributed by atoms with Gasteiger partial charge in [0, 0.05) is 5.56 Å². The quantitative estimate of drug-likeness (QED) is 0.604. The Balaban J connectivity index is 1.75. The van der Waals surface area contributed by atoms with Crippen LogP contribution in [-0.4, -0.2) is 25.0 Å². The van der Waals surface area contributed by atoms with E-state index in [1.54, 1.807) is 36.4 Å². The fourth-order valence-corrected chi connectivity index (χ4v) is 1.67. The topological polar surface area (TPSA) is 52.6 Å². The number of hydrogen-bond donors (Lipinski definition) is 0. The van der Waals surface area contributed by atoms with E-state index in [9.17, 15) is 9.59 Å². The van der Waals surface area contributed by atoms with Gasteiger partial charge < -0.3 is 9.47 Å². The molecule has 0 unspecified atom stereocenters. The van der Waals surface area contributed by atoms with Crippen LogP contribution in [0, 0.1) is 6.92 Å². The smallest absolute Gasteiger partial charge is 0.344 e. The summed E-state index contributed by atoms with van der Waals surface area (Å²) in [6, 6.07) is 16.0. The van der Waals surface area contributed by atoms with Crippen LogP contribution in [0.3, 0.4) is 0 Å². The van der Waals surface area contributed by atoms with Gasteiger partial charge in [-0.15, -0.1) is 0 Å². The molecule has 0 amide bonds. The van der Waals surface area contributed by atoms with Crippen molar-refractivity contribution < 1.29 is 19.1 Å². The van der Waals surface area contributed by atoms with E-state index in [2.05, 4.69) is 0 Å². The van der Waals surface area contributed by atoms with Crippen molar-refractivity contribution in [3.05, 3.63) is 65.7 Å². The number of esters is 1. The van der Waals surface area contributed by atoms with Gasteiger partial charge in [0.15, 0.2) is 19.0 Å². The molecule has 0 heterocycles. The molecule has 0 atom stereocenters. The van der Waals surface area contributed by atoms with Crippen LogP contribution < -0.4 is 4.74 Å². The number of benzene rings is 2. The Kier molecular flexibility index (Phi) is 5.10. The first-order valence-electron chi connectivity index (χ1n) is 6.58. The molecule has 0 saturated heterocycles. The number of rotatable bonds is 6. The van der Waals surface area contributed by atoms with Crippen LogP contribution in [0.1, 0.15) is 15.9 Å². The van der Waals surface area contributed by atoms with Gasteiger partial charge in [-0.1, -0.05) is 48.0 Å². The van der Waals surface area contributed by atoms with E-state index < -0.39 is 5.97 Å². The highest BCUT2D eigenvalue weighted by Crippen LogP contribution is 2.11. The second kappa shape index (κ2) is 7.24. The molecule has 4 nitrogen and oxygen atoms in total. The standard InChI is InChI=1S/C17H16O4/c1-13-7-9-15(10-8-13)20-12-17(19)21-11-16(18)14-5-3-2-4-6-14/h2-10H,11-12H2,1H3. The fraction of sp³-hybridized carbons (Fsp3) is 0.176. The van der Waals surface area contributed by atoms with E-state index in [1.807, 2.05) is 25.1 Å². The lowest BCUT2D eigenvalue weighted by Crippen LogP contribution is -2.19. The van der Waals surface area contributed by atoms with Crippen LogP contribution in [0.4, 0.5) is 0 Å². The molecule has 0 saturated carbocycles. The predicted octanol–water partition coefficient (Wildman–Crippen LogP) is 2.80. The van der Waals surface area contributed by atoms with Gasteiger partial charge in [0.25, 0.3) is 0 Å². The van der Waals surface area contributed by atoms with Gasteiger partial charge in [0.2, 0.25) is 0 Å². The number of Topliss-reactive ketones (excluding diaryl/α,β-unsaturated/α-hetero) is 1. The number of hydrogen-bond acceptors (Lipinski definition) is 4. The third kappa shape index (κ3) is 4.76. The lowest BCUT2D eigenvalue weighted by atomic mass is 10.1. The van der Waals surface area contributed by atoms with E-state index in [0.29, 0.717) is 11.3 Å². The number of aryl methyl sites for hydroxylation is 1. The summed E-state index contributed by atoms with van der Waals surface area (Å²) >= 11 is 0. The summed E-state index contributed by atoms with van der Waals surface area (Å²) in [5, 5.41) is 0. The molecule has 108 valence electrons. The molecule has 4 heteroatoms. The first-order chi connectivity index (χ1) is 10.1. The Labute approximate surface area is 123 Å². The van der Waals surface area contributed by atoms with Crippen LogP contribution in [0.25, 0.3) is 0 Å². The molecule has 0 N–H and O–H groups in total. The molecule has 0 radical (unpaired) electrons. The summed E-state index contributed by atoms with van der Waals surface area (Å²) in [7, 11) is 0. The molecule has 0 aliphatic rings. The summed E-state index contributed by atoms with van der Waals surface area (Å²) in [5.74, 6) is -0.217. The summed E-state index contributed by atoms with van der Waals surface area (Å²) in [5.41, 5.74) is 1.63. The maximum Gasteiger partial charge on any atom is 0.344 e. The largest absolute Gasteiger partial charge is 0.482 e. The zero-order chi connectivity index (χ0) is 15.1. The van der Waals surface area contributed by atoms with Crippen molar-refractivity contribution in [1.29, 1.82) is 0 Å². The van der Waals surface area contributed by atoms with Crippen LogP contribution >= 0.6 is 0 Å². The van der Waals surface area contributed by atoms with Gasteiger partial charge in [-0.3, -0.25) is 4.79 Å². The average Bonchev–Trinajstić information content (AvgIpc) is 2.53. The minimum atomic E-state index is -0.570. The van der Waals surface area contributed by atoms with Gasteiger partial charge in [-0.05, 0) is 19.1 Å². The average molecular weight is 284 g/mol. The Morgan fingerprint density at radius 1 is 0.905 bits per heavy atom. The molecule has 0 aromatic heterocycles. The minimum absolute atomic E-state index is 0.217. The van der Waals surface area contributed by atoms with Crippen molar-refractivity contribution in [3.8, 4) is 5.75 Å². The Hall–Kier alpha value is -2.62. The van der Waals surface area contributed by atoms with Crippen LogP contribution in [-0.2, 0) is 9.53 Å². The zero-order valence-electron chi connectivity index (χ0n) is 11.7. The van der Waals surface area contributed by atoms with E-state index in [-0.39, 0.29) is 19.0 Å². The second-order valence-corrected chi connectivity index (χ2v) is 4.55. The highest BCUT2D eigenvalue weighted by atomic mass is 16.6. The highest BCUT2D eigenvalue weighted by molar-refractivity contribution is 5.97. The number of ether oxygens (including phenoxy) is 2. The lowest BCUT2D eigenvalue weighted by Gasteiger charge is -2.07. The SMILES string of the molecule is Cc1ccc(OCC(=O)OCC(=O)c2ccccc2)cc1. The zero-order valence-corrected chi connectivity index (χ0v) is 11.7. The molecule has 2 aromatic rings. The summed E-state index contributed by atoms with van der Waals surface area (Å²) < 4.78 is 10.2. The lowest BCUT2D eigenvalue weighted by molar-refractivity contribution is -0.144. The Morgan fingerprint density at radius 2 is 1.57 bits per heavy atom. The molecule has 21 heavy (non-hydrogen) atoms. The second-order valence-electron chi connectivity index (χ2n) is 4.55. The van der Waals surface area contributed by atoms with Gasteiger partial charge in [0.1, 0.15) is 5.75 Å². The molecule has 0 fully saturated rings. The molecule has 2 aromatic carbocycles. The maximum atomic E-state index is 11.7. The van der Waals surface area contributed by atoms with Crippen LogP contribution in [0.5, 0.6) is 5.75 Å². The van der Waals surface area contributed by atoms with Crippen molar-refractivity contribution >= 4 is 11.8 Å². The predicted molar refractivity (Wildman–Crippen MR) is 78.4 cm³/mol. The molecule has 0 bridgehead atoms. The van der Waals surface area contributed by atoms with Crippen molar-refractivity contribution in [2.45, 2.75) is 6.92 Å². The minimum Gasteiger partial charge on any atom is -0.482 e. The summed E-state index contributed by atoms with van der Waals surface area (Å²) in [6.07, 6.45) is 0. The number of ketones is 1. The van der Waals surface area contributed by atoms with Crippen molar-refractivity contribution in [1.82, 2.24) is 0 Å². The Bertz CT molecular complexity index is 602. The number of carbonyl (C=O) groups is 2. The van der Waals surface area contributed by atoms with Crippen LogP contribution in [0.2, 0.25) is 0 Å². The first kappa shape index (κ1) is 14.8. The van der Waals surface area contributed by atoms with Gasteiger partial charge in [0.05, 0.1) is 0 Å². The summed E-state index contributed by atoms with van der Waals surface area (Å²) in [6.45, 7) is 1.47. The molecule has 0 spiro atoms. The Morgan fingerprint density at radius 3 is 2.24 bits per heavy atom. The highest BCUT2D eigenvalue weighted by Gasteiger charge is 2.10.